The van der Waals surface area contributed by atoms with Crippen molar-refractivity contribution in [2.45, 2.75) is 68.5 Å². The first-order chi connectivity index (χ1) is 17.0. The molecule has 36 heavy (non-hydrogen) atoms. The molecule has 1 aliphatic carbocycles. The van der Waals surface area contributed by atoms with Gasteiger partial charge in [0.05, 0.1) is 12.2 Å². The number of hydrogen-bond donors (Lipinski definition) is 1. The van der Waals surface area contributed by atoms with Crippen molar-refractivity contribution in [3.05, 3.63) is 89.9 Å². The number of allylic oxidation sites excluding steroid dienone is 4. The standard InChI is InChI=1S/C30H38O5S/c1-22(2)30(5,33-6)20-23-10-16-27(17-11-23)36(32)28-18-14-25(15-19-28)34-24-8-7-9-26(13-12-24)35-29(3,4)21-31/h7,9-19,22,31H,8,20-21H2,1-6H3. The number of aliphatic hydroxyl groups is 1. The maximum atomic E-state index is 13.1. The molecule has 2 aromatic rings. The van der Waals surface area contributed by atoms with Gasteiger partial charge in [-0.1, -0.05) is 32.1 Å². The topological polar surface area (TPSA) is 71.0 Å². The molecular weight excluding hydrogens is 472 g/mol. The first kappa shape index (κ1) is 28.1. The fourth-order valence-electron chi connectivity index (χ4n) is 3.65. The number of benzene rings is 2. The van der Waals surface area contributed by atoms with Gasteiger partial charge in [0.1, 0.15) is 22.9 Å². The van der Waals surface area contributed by atoms with E-state index in [-0.39, 0.29) is 12.2 Å². The number of rotatable bonds is 11. The molecule has 2 atom stereocenters. The molecule has 0 bridgehead atoms. The quantitative estimate of drug-likeness (QED) is 0.357. The summed E-state index contributed by atoms with van der Waals surface area (Å²) in [7, 11) is 1.75. The van der Waals surface area contributed by atoms with Crippen molar-refractivity contribution >= 4 is 11.2 Å². The summed E-state index contributed by atoms with van der Waals surface area (Å²) in [6.45, 7) is 10.0. The summed E-state index contributed by atoms with van der Waals surface area (Å²) in [5.41, 5.74) is 0.269. The smallest absolute Gasteiger partial charge is 0.158 e. The molecular formula is C30H38O5S. The zero-order valence-electron chi connectivity index (χ0n) is 22.1. The van der Waals surface area contributed by atoms with Gasteiger partial charge in [0.2, 0.25) is 0 Å². The maximum Gasteiger partial charge on any atom is 0.158 e. The van der Waals surface area contributed by atoms with Gasteiger partial charge < -0.3 is 23.9 Å². The molecule has 2 aromatic carbocycles. The van der Waals surface area contributed by atoms with Gasteiger partial charge in [-0.25, -0.2) is 0 Å². The van der Waals surface area contributed by atoms with Crippen LogP contribution in [0, 0.1) is 5.92 Å². The number of ether oxygens (including phenoxy) is 3. The van der Waals surface area contributed by atoms with Gasteiger partial charge in [0.25, 0.3) is 0 Å². The van der Waals surface area contributed by atoms with Crippen LogP contribution in [0.2, 0.25) is 0 Å². The maximum absolute atomic E-state index is 13.1. The Morgan fingerprint density at radius 1 is 0.972 bits per heavy atom. The first-order valence-electron chi connectivity index (χ1n) is 12.3. The van der Waals surface area contributed by atoms with Crippen molar-refractivity contribution in [3.63, 3.8) is 0 Å². The van der Waals surface area contributed by atoms with Gasteiger partial charge in [-0.05, 0) is 86.9 Å². The van der Waals surface area contributed by atoms with Crippen LogP contribution in [0.4, 0.5) is 0 Å². The second kappa shape index (κ2) is 12.2. The Hall–Kier alpha value is -2.51. The zero-order valence-corrected chi connectivity index (χ0v) is 22.9. The minimum atomic E-state index is -1.28. The van der Waals surface area contributed by atoms with Gasteiger partial charge in [-0.3, -0.25) is 0 Å². The summed E-state index contributed by atoms with van der Waals surface area (Å²) in [4.78, 5) is 1.48. The molecule has 194 valence electrons. The third kappa shape index (κ3) is 7.50. The Kier molecular flexibility index (Phi) is 9.47. The molecule has 2 unspecified atom stereocenters. The molecule has 0 fully saturated rings. The summed E-state index contributed by atoms with van der Waals surface area (Å²) in [6, 6.07) is 15.3. The number of methoxy groups -OCH3 is 1. The molecule has 0 saturated carbocycles. The molecule has 0 saturated heterocycles. The third-order valence-electron chi connectivity index (χ3n) is 6.48. The molecule has 6 heteroatoms. The molecule has 1 aliphatic rings. The van der Waals surface area contributed by atoms with Crippen LogP contribution in [0.3, 0.4) is 0 Å². The number of hydrogen-bond acceptors (Lipinski definition) is 5. The van der Waals surface area contributed by atoms with E-state index < -0.39 is 16.8 Å². The van der Waals surface area contributed by atoms with E-state index in [0.717, 1.165) is 27.5 Å². The lowest BCUT2D eigenvalue weighted by molar-refractivity contribution is -0.0315. The predicted octanol–water partition coefficient (Wildman–Crippen LogP) is 6.35. The van der Waals surface area contributed by atoms with Crippen molar-refractivity contribution in [3.8, 4) is 5.75 Å². The molecule has 0 spiro atoms. The van der Waals surface area contributed by atoms with Gasteiger partial charge in [0.15, 0.2) is 9.79 Å². The van der Waals surface area contributed by atoms with Gasteiger partial charge in [-0.15, -0.1) is 0 Å². The third-order valence-corrected chi connectivity index (χ3v) is 7.88. The highest BCUT2D eigenvalue weighted by Gasteiger charge is 2.28. The number of aliphatic hydroxyl groups excluding tert-OH is 1. The largest absolute Gasteiger partial charge is 0.606 e. The highest BCUT2D eigenvalue weighted by molar-refractivity contribution is 7.91. The normalized spacial score (nSPS) is 16.6. The van der Waals surface area contributed by atoms with Gasteiger partial charge in [0, 0.05) is 31.1 Å². The van der Waals surface area contributed by atoms with E-state index in [4.69, 9.17) is 14.2 Å². The van der Waals surface area contributed by atoms with E-state index in [2.05, 4.69) is 20.8 Å². The molecule has 0 amide bonds. The zero-order chi connectivity index (χ0) is 26.3. The lowest BCUT2D eigenvalue weighted by Crippen LogP contribution is -2.36. The van der Waals surface area contributed by atoms with Crippen LogP contribution in [0.25, 0.3) is 0 Å². The second-order valence-corrected chi connectivity index (χ2v) is 11.6. The monoisotopic (exact) mass is 510 g/mol. The van der Waals surface area contributed by atoms with E-state index in [1.807, 2.05) is 86.7 Å². The van der Waals surface area contributed by atoms with Crippen LogP contribution in [0.5, 0.6) is 5.75 Å². The van der Waals surface area contributed by atoms with Crippen LogP contribution in [-0.4, -0.2) is 34.6 Å². The summed E-state index contributed by atoms with van der Waals surface area (Å²) >= 11 is -1.28. The Labute approximate surface area is 218 Å². The van der Waals surface area contributed by atoms with Gasteiger partial charge in [-0.2, -0.15) is 0 Å². The Balaban J connectivity index is 1.64. The van der Waals surface area contributed by atoms with E-state index in [1.165, 1.54) is 0 Å². The van der Waals surface area contributed by atoms with E-state index in [9.17, 15) is 9.66 Å². The van der Waals surface area contributed by atoms with Crippen LogP contribution < -0.4 is 4.74 Å². The molecule has 0 aromatic heterocycles. The van der Waals surface area contributed by atoms with Crippen molar-refractivity contribution in [1.29, 1.82) is 0 Å². The van der Waals surface area contributed by atoms with Crippen molar-refractivity contribution < 1.29 is 23.9 Å². The van der Waals surface area contributed by atoms with E-state index >= 15 is 0 Å². The van der Waals surface area contributed by atoms with Crippen LogP contribution >= 0.6 is 0 Å². The highest BCUT2D eigenvalue weighted by atomic mass is 32.2. The molecule has 0 radical (unpaired) electrons. The van der Waals surface area contributed by atoms with Crippen molar-refractivity contribution in [2.24, 2.45) is 5.92 Å². The Morgan fingerprint density at radius 2 is 1.58 bits per heavy atom. The molecule has 0 heterocycles. The fraction of sp³-hybridized carbons (Fsp3) is 0.400. The lowest BCUT2D eigenvalue weighted by Gasteiger charge is -2.32. The van der Waals surface area contributed by atoms with Crippen molar-refractivity contribution in [1.82, 2.24) is 0 Å². The second-order valence-electron chi connectivity index (χ2n) is 10.2. The molecule has 5 nitrogen and oxygen atoms in total. The SMILES string of the molecule is COC(C)(Cc1ccc([S+]([O-])c2ccc(OC3=CC=C(OC(C)(C)CO)C=CC3)cc2)cc1)C(C)C. The van der Waals surface area contributed by atoms with Gasteiger partial charge >= 0.3 is 0 Å². The predicted molar refractivity (Wildman–Crippen MR) is 144 cm³/mol. The minimum absolute atomic E-state index is 0.0749. The minimum Gasteiger partial charge on any atom is -0.606 e. The lowest BCUT2D eigenvalue weighted by atomic mass is 9.86. The Bertz CT molecular complexity index is 1080. The molecule has 3 rings (SSSR count). The summed E-state index contributed by atoms with van der Waals surface area (Å²) < 4.78 is 30.7. The summed E-state index contributed by atoms with van der Waals surface area (Å²) in [5.74, 6) is 2.49. The van der Waals surface area contributed by atoms with Crippen molar-refractivity contribution in [2.75, 3.05) is 13.7 Å². The summed E-state index contributed by atoms with van der Waals surface area (Å²) in [6.07, 6.45) is 8.95. The van der Waals surface area contributed by atoms with Crippen LogP contribution in [-0.2, 0) is 27.1 Å². The highest BCUT2D eigenvalue weighted by Crippen LogP contribution is 2.28. The van der Waals surface area contributed by atoms with Crippen LogP contribution in [0.1, 0.15) is 46.6 Å². The molecule has 1 N–H and O–H groups in total. The first-order valence-corrected chi connectivity index (χ1v) is 13.4. The van der Waals surface area contributed by atoms with E-state index in [0.29, 0.717) is 23.8 Å². The molecule has 0 aliphatic heterocycles. The Morgan fingerprint density at radius 3 is 2.14 bits per heavy atom. The fourth-order valence-corrected chi connectivity index (χ4v) is 4.69. The van der Waals surface area contributed by atoms with Crippen LogP contribution in [0.15, 0.2) is 94.1 Å². The average Bonchev–Trinajstić information content (AvgIpc) is 3.08. The summed E-state index contributed by atoms with van der Waals surface area (Å²) in [5, 5.41) is 9.41. The average molecular weight is 511 g/mol. The van der Waals surface area contributed by atoms with E-state index in [1.54, 1.807) is 7.11 Å².